The summed E-state index contributed by atoms with van der Waals surface area (Å²) in [6.07, 6.45) is 2.64. The Morgan fingerprint density at radius 2 is 2.16 bits per heavy atom. The number of alkyl halides is 1. The second kappa shape index (κ2) is 4.86. The Balaban J connectivity index is 2.15. The van der Waals surface area contributed by atoms with Crippen LogP contribution >= 0.6 is 22.6 Å². The van der Waals surface area contributed by atoms with Crippen LogP contribution in [0.2, 0.25) is 0 Å². The number of halogens is 2. The number of hydrogen-bond donors (Lipinski definition) is 1. The van der Waals surface area contributed by atoms with Crippen LogP contribution in [0.1, 0.15) is 18.7 Å². The van der Waals surface area contributed by atoms with Crippen LogP contribution in [0, 0.1) is 3.57 Å². The van der Waals surface area contributed by atoms with Crippen LogP contribution < -0.4 is 10.1 Å². The van der Waals surface area contributed by atoms with Gasteiger partial charge in [-0.05, 0) is 41.7 Å². The number of rotatable bonds is 2. The van der Waals surface area contributed by atoms with Gasteiger partial charge in [0.15, 0.2) is 17.2 Å². The van der Waals surface area contributed by atoms with E-state index in [-0.39, 0.29) is 0 Å². The van der Waals surface area contributed by atoms with Crippen molar-refractivity contribution < 1.29 is 9.13 Å². The molecule has 102 valence electrons. The first kappa shape index (κ1) is 13.0. The summed E-state index contributed by atoms with van der Waals surface area (Å²) >= 11 is 2.17. The van der Waals surface area contributed by atoms with E-state index in [1.807, 2.05) is 6.07 Å². The quantitative estimate of drug-likeness (QED) is 0.814. The number of piperidine rings is 1. The number of methoxy groups -OCH3 is 1. The third-order valence-electron chi connectivity index (χ3n) is 3.49. The fourth-order valence-electron chi connectivity index (χ4n) is 2.45. The van der Waals surface area contributed by atoms with E-state index in [9.17, 15) is 4.39 Å². The highest BCUT2D eigenvalue weighted by Gasteiger charge is 2.38. The Hall–Kier alpha value is -0.960. The van der Waals surface area contributed by atoms with Gasteiger partial charge in [0.2, 0.25) is 5.65 Å². The Kier molecular flexibility index (Phi) is 3.34. The first-order valence-electron chi connectivity index (χ1n) is 6.13. The number of hydrogen-bond acceptors (Lipinski definition) is 4. The van der Waals surface area contributed by atoms with Crippen LogP contribution in [0.25, 0.3) is 5.65 Å². The van der Waals surface area contributed by atoms with Gasteiger partial charge in [-0.15, -0.1) is 10.2 Å². The van der Waals surface area contributed by atoms with E-state index in [0.29, 0.717) is 43.2 Å². The summed E-state index contributed by atoms with van der Waals surface area (Å²) in [5.74, 6) is 1.01. The maximum absolute atomic E-state index is 15.0. The molecule has 0 aliphatic carbocycles. The lowest BCUT2D eigenvalue weighted by atomic mass is 9.93. The smallest absolute Gasteiger partial charge is 0.204 e. The van der Waals surface area contributed by atoms with E-state index in [0.717, 1.165) is 3.57 Å². The van der Waals surface area contributed by atoms with Crippen LogP contribution in [0.4, 0.5) is 4.39 Å². The average Bonchev–Trinajstić information content (AvgIpc) is 2.84. The van der Waals surface area contributed by atoms with Crippen molar-refractivity contribution in [3.63, 3.8) is 0 Å². The molecule has 0 atom stereocenters. The molecule has 0 saturated carbocycles. The fraction of sp³-hybridized carbons (Fsp3) is 0.500. The van der Waals surface area contributed by atoms with E-state index in [1.54, 1.807) is 17.7 Å². The minimum Gasteiger partial charge on any atom is -0.492 e. The molecule has 1 saturated heterocycles. The van der Waals surface area contributed by atoms with Crippen LogP contribution in [0.5, 0.6) is 5.75 Å². The van der Waals surface area contributed by atoms with Crippen molar-refractivity contribution in [2.45, 2.75) is 18.5 Å². The molecule has 5 nitrogen and oxygen atoms in total. The molecule has 3 heterocycles. The summed E-state index contributed by atoms with van der Waals surface area (Å²) in [6.45, 7) is 1.32. The van der Waals surface area contributed by atoms with Gasteiger partial charge >= 0.3 is 0 Å². The van der Waals surface area contributed by atoms with Crippen molar-refractivity contribution in [2.75, 3.05) is 20.2 Å². The minimum atomic E-state index is -1.41. The molecular weight excluding hydrogens is 362 g/mol. The summed E-state index contributed by atoms with van der Waals surface area (Å²) in [6, 6.07) is 1.88. The van der Waals surface area contributed by atoms with Crippen LogP contribution in [-0.2, 0) is 5.67 Å². The summed E-state index contributed by atoms with van der Waals surface area (Å²) < 4.78 is 23.0. The van der Waals surface area contributed by atoms with Crippen molar-refractivity contribution in [3.05, 3.63) is 21.7 Å². The van der Waals surface area contributed by atoms with E-state index in [4.69, 9.17) is 4.74 Å². The van der Waals surface area contributed by atoms with E-state index in [1.165, 1.54) is 0 Å². The Morgan fingerprint density at radius 1 is 1.42 bits per heavy atom. The standard InChI is InChI=1S/C12H14FIN4O/c1-19-9-8(14)2-7-18-10(9)16-17-11(18)12(13)3-5-15-6-4-12/h2,7,15H,3-6H2,1H3. The van der Waals surface area contributed by atoms with Gasteiger partial charge in [-0.1, -0.05) is 0 Å². The molecule has 1 aliphatic heterocycles. The lowest BCUT2D eigenvalue weighted by molar-refractivity contribution is 0.103. The zero-order chi connectivity index (χ0) is 13.5. The zero-order valence-corrected chi connectivity index (χ0v) is 12.6. The van der Waals surface area contributed by atoms with Crippen LogP contribution in [-0.4, -0.2) is 34.8 Å². The molecule has 0 amide bonds. The van der Waals surface area contributed by atoms with E-state index in [2.05, 4.69) is 38.1 Å². The third kappa shape index (κ3) is 2.08. The molecule has 2 aromatic rings. The molecule has 7 heteroatoms. The predicted molar refractivity (Wildman–Crippen MR) is 77.1 cm³/mol. The Morgan fingerprint density at radius 3 is 2.84 bits per heavy atom. The molecule has 0 radical (unpaired) electrons. The topological polar surface area (TPSA) is 51.5 Å². The molecule has 19 heavy (non-hydrogen) atoms. The van der Waals surface area contributed by atoms with Gasteiger partial charge in [0.25, 0.3) is 0 Å². The average molecular weight is 376 g/mol. The molecule has 3 rings (SSSR count). The van der Waals surface area contributed by atoms with Gasteiger partial charge in [0.1, 0.15) is 0 Å². The normalized spacial score (nSPS) is 18.7. The van der Waals surface area contributed by atoms with Gasteiger partial charge in [0, 0.05) is 19.0 Å². The first-order chi connectivity index (χ1) is 9.15. The third-order valence-corrected chi connectivity index (χ3v) is 4.34. The maximum Gasteiger partial charge on any atom is 0.204 e. The van der Waals surface area contributed by atoms with Gasteiger partial charge in [0.05, 0.1) is 10.7 Å². The fourth-order valence-corrected chi connectivity index (χ4v) is 3.07. The maximum atomic E-state index is 15.0. The predicted octanol–water partition coefficient (Wildman–Crippen LogP) is 1.89. The zero-order valence-electron chi connectivity index (χ0n) is 10.5. The summed E-state index contributed by atoms with van der Waals surface area (Å²) in [7, 11) is 1.58. The van der Waals surface area contributed by atoms with Crippen molar-refractivity contribution in [2.24, 2.45) is 0 Å². The SMILES string of the molecule is COc1c(I)ccn2c(C3(F)CCNCC3)nnc12. The number of ether oxygens (including phenoxy) is 1. The Bertz CT molecular complexity index is 609. The van der Waals surface area contributed by atoms with Gasteiger partial charge in [-0.25, -0.2) is 4.39 Å². The molecule has 1 N–H and O–H groups in total. The van der Waals surface area contributed by atoms with E-state index < -0.39 is 5.67 Å². The van der Waals surface area contributed by atoms with Crippen molar-refractivity contribution in [1.82, 2.24) is 19.9 Å². The molecule has 0 aromatic carbocycles. The number of aromatic nitrogens is 3. The van der Waals surface area contributed by atoms with Crippen molar-refractivity contribution in [1.29, 1.82) is 0 Å². The molecule has 0 spiro atoms. The Labute approximate surface area is 123 Å². The molecule has 1 aliphatic rings. The number of pyridine rings is 1. The molecular formula is C12H14FIN4O. The van der Waals surface area contributed by atoms with Gasteiger partial charge < -0.3 is 10.1 Å². The van der Waals surface area contributed by atoms with Crippen molar-refractivity contribution in [3.8, 4) is 5.75 Å². The molecule has 0 unspecified atom stereocenters. The van der Waals surface area contributed by atoms with Crippen LogP contribution in [0.15, 0.2) is 12.3 Å². The molecule has 1 fully saturated rings. The van der Waals surface area contributed by atoms with Gasteiger partial charge in [-0.2, -0.15) is 0 Å². The lowest BCUT2D eigenvalue weighted by Crippen LogP contribution is -2.38. The number of nitrogens with one attached hydrogen (secondary N) is 1. The second-order valence-corrected chi connectivity index (χ2v) is 5.79. The van der Waals surface area contributed by atoms with Crippen molar-refractivity contribution >= 4 is 28.2 Å². The summed E-state index contributed by atoms with van der Waals surface area (Å²) in [5, 5.41) is 11.3. The minimum absolute atomic E-state index is 0.374. The highest BCUT2D eigenvalue weighted by Crippen LogP contribution is 2.35. The molecule has 2 aromatic heterocycles. The number of fused-ring (bicyclic) bond motifs is 1. The summed E-state index contributed by atoms with van der Waals surface area (Å²) in [4.78, 5) is 0. The summed E-state index contributed by atoms with van der Waals surface area (Å²) in [5.41, 5.74) is -0.845. The highest BCUT2D eigenvalue weighted by molar-refractivity contribution is 14.1. The lowest BCUT2D eigenvalue weighted by Gasteiger charge is -2.28. The van der Waals surface area contributed by atoms with Crippen LogP contribution in [0.3, 0.4) is 0 Å². The molecule has 0 bridgehead atoms. The largest absolute Gasteiger partial charge is 0.492 e. The monoisotopic (exact) mass is 376 g/mol. The number of nitrogens with zero attached hydrogens (tertiary/aromatic N) is 3. The highest BCUT2D eigenvalue weighted by atomic mass is 127. The van der Waals surface area contributed by atoms with E-state index >= 15 is 0 Å². The second-order valence-electron chi connectivity index (χ2n) is 4.63. The first-order valence-corrected chi connectivity index (χ1v) is 7.21. The van der Waals surface area contributed by atoms with Gasteiger partial charge in [-0.3, -0.25) is 4.40 Å².